The molecule has 0 aromatic heterocycles. The monoisotopic (exact) mass is 302 g/mol. The fourth-order valence-corrected chi connectivity index (χ4v) is 3.84. The van der Waals surface area contributed by atoms with E-state index in [2.05, 4.69) is 15.9 Å². The van der Waals surface area contributed by atoms with Gasteiger partial charge >= 0.3 is 7.12 Å². The molecule has 4 nitrogen and oxygen atoms in total. The Morgan fingerprint density at radius 2 is 1.73 bits per heavy atom. The van der Waals surface area contributed by atoms with Crippen LogP contribution in [0.4, 0.5) is 0 Å². The minimum atomic E-state index is -1.37. The van der Waals surface area contributed by atoms with Crippen molar-refractivity contribution in [3.8, 4) is 0 Å². The molecule has 1 aromatic carbocycles. The molecule has 2 aliphatic heterocycles. The Morgan fingerprint density at radius 1 is 1.00 bits per heavy atom. The summed E-state index contributed by atoms with van der Waals surface area (Å²) in [7, 11) is -1.37. The molecule has 1 aromatic rings. The summed E-state index contributed by atoms with van der Waals surface area (Å²) < 4.78 is 0. The van der Waals surface area contributed by atoms with Crippen molar-refractivity contribution in [2.45, 2.75) is 44.7 Å². The minimum Gasteiger partial charge on any atom is -0.423 e. The lowest BCUT2D eigenvalue weighted by Gasteiger charge is -2.40. The maximum atomic E-state index is 9.27. The first kappa shape index (κ1) is 16.0. The van der Waals surface area contributed by atoms with Crippen molar-refractivity contribution in [1.29, 1.82) is 0 Å². The molecule has 2 heterocycles. The maximum Gasteiger partial charge on any atom is 0.488 e. The van der Waals surface area contributed by atoms with Crippen molar-refractivity contribution in [3.63, 3.8) is 0 Å². The Kier molecular flexibility index (Phi) is 5.53. The van der Waals surface area contributed by atoms with E-state index < -0.39 is 7.12 Å². The van der Waals surface area contributed by atoms with Crippen LogP contribution in [0.1, 0.15) is 37.7 Å². The summed E-state index contributed by atoms with van der Waals surface area (Å²) in [6.07, 6.45) is 6.68. The Bertz CT molecular complexity index is 469. The van der Waals surface area contributed by atoms with Crippen molar-refractivity contribution in [3.05, 3.63) is 29.8 Å². The molecule has 2 aliphatic rings. The van der Waals surface area contributed by atoms with Gasteiger partial charge in [-0.3, -0.25) is 4.90 Å². The number of hydrogen-bond donors (Lipinski definition) is 2. The SMILES string of the molecule is OB(O)c1cccc(CN2CCC(N3CCCCC3)CC2)c1. The van der Waals surface area contributed by atoms with E-state index >= 15 is 0 Å². The molecule has 22 heavy (non-hydrogen) atoms. The quantitative estimate of drug-likeness (QED) is 0.808. The number of benzene rings is 1. The van der Waals surface area contributed by atoms with E-state index in [-0.39, 0.29) is 0 Å². The van der Waals surface area contributed by atoms with Gasteiger partial charge in [-0.15, -0.1) is 0 Å². The van der Waals surface area contributed by atoms with Gasteiger partial charge in [-0.05, 0) is 62.9 Å². The molecular formula is C17H27BN2O2. The van der Waals surface area contributed by atoms with E-state index in [0.717, 1.165) is 25.7 Å². The largest absolute Gasteiger partial charge is 0.488 e. The van der Waals surface area contributed by atoms with E-state index in [1.807, 2.05) is 12.1 Å². The summed E-state index contributed by atoms with van der Waals surface area (Å²) in [5.41, 5.74) is 1.75. The van der Waals surface area contributed by atoms with Gasteiger partial charge in [0.2, 0.25) is 0 Å². The Morgan fingerprint density at radius 3 is 2.41 bits per heavy atom. The van der Waals surface area contributed by atoms with Gasteiger partial charge in [0.05, 0.1) is 0 Å². The van der Waals surface area contributed by atoms with Crippen molar-refractivity contribution < 1.29 is 10.0 Å². The van der Waals surface area contributed by atoms with Crippen LogP contribution in [0.5, 0.6) is 0 Å². The van der Waals surface area contributed by atoms with Crippen LogP contribution in [0.2, 0.25) is 0 Å². The first-order valence-electron chi connectivity index (χ1n) is 8.64. The number of rotatable bonds is 4. The van der Waals surface area contributed by atoms with Gasteiger partial charge in [-0.2, -0.15) is 0 Å². The lowest BCUT2D eigenvalue weighted by Crippen LogP contribution is -2.46. The molecular weight excluding hydrogens is 275 g/mol. The van der Waals surface area contributed by atoms with Crippen LogP contribution in [-0.4, -0.2) is 59.2 Å². The van der Waals surface area contributed by atoms with Crippen LogP contribution < -0.4 is 5.46 Å². The first-order chi connectivity index (χ1) is 10.7. The average molecular weight is 302 g/mol. The van der Waals surface area contributed by atoms with Crippen molar-refractivity contribution in [1.82, 2.24) is 9.80 Å². The van der Waals surface area contributed by atoms with Crippen LogP contribution in [-0.2, 0) is 6.54 Å². The molecule has 3 rings (SSSR count). The Hall–Kier alpha value is -0.875. The molecule has 2 fully saturated rings. The first-order valence-corrected chi connectivity index (χ1v) is 8.64. The molecule has 0 unspecified atom stereocenters. The van der Waals surface area contributed by atoms with Gasteiger partial charge in [0.25, 0.3) is 0 Å². The molecule has 2 saturated heterocycles. The third-order valence-corrected chi connectivity index (χ3v) is 5.12. The number of hydrogen-bond acceptors (Lipinski definition) is 4. The number of nitrogens with zero attached hydrogens (tertiary/aromatic N) is 2. The molecule has 120 valence electrons. The summed E-state index contributed by atoms with van der Waals surface area (Å²) in [5, 5.41) is 18.5. The van der Waals surface area contributed by atoms with Crippen molar-refractivity contribution in [2.24, 2.45) is 0 Å². The molecule has 0 radical (unpaired) electrons. The van der Waals surface area contributed by atoms with Crippen molar-refractivity contribution >= 4 is 12.6 Å². The van der Waals surface area contributed by atoms with Crippen LogP contribution in [0.3, 0.4) is 0 Å². The minimum absolute atomic E-state index is 0.584. The summed E-state index contributed by atoms with van der Waals surface area (Å²) in [6, 6.07) is 8.42. The molecule has 0 spiro atoms. The topological polar surface area (TPSA) is 46.9 Å². The molecule has 0 saturated carbocycles. The van der Waals surface area contributed by atoms with Gasteiger partial charge in [-0.1, -0.05) is 30.7 Å². The third kappa shape index (κ3) is 4.10. The molecule has 2 N–H and O–H groups in total. The second kappa shape index (κ2) is 7.60. The van der Waals surface area contributed by atoms with Gasteiger partial charge in [-0.25, -0.2) is 0 Å². The lowest BCUT2D eigenvalue weighted by molar-refractivity contribution is 0.0896. The lowest BCUT2D eigenvalue weighted by atomic mass is 9.79. The highest BCUT2D eigenvalue weighted by atomic mass is 16.4. The second-order valence-electron chi connectivity index (χ2n) is 6.72. The predicted molar refractivity (Wildman–Crippen MR) is 90.0 cm³/mol. The Balaban J connectivity index is 1.50. The van der Waals surface area contributed by atoms with E-state index in [0.29, 0.717) is 5.46 Å². The predicted octanol–water partition coefficient (Wildman–Crippen LogP) is 0.817. The summed E-state index contributed by atoms with van der Waals surface area (Å²) in [5.74, 6) is 0. The van der Waals surface area contributed by atoms with Crippen LogP contribution >= 0.6 is 0 Å². The molecule has 0 aliphatic carbocycles. The fourth-order valence-electron chi connectivity index (χ4n) is 3.84. The standard InChI is InChI=1S/C17H27BN2O2/c21-18(22)16-6-4-5-15(13-16)14-19-11-7-17(8-12-19)20-9-2-1-3-10-20/h4-6,13,17,21-22H,1-3,7-12,14H2. The normalized spacial score (nSPS) is 21.9. The van der Waals surface area contributed by atoms with E-state index in [1.165, 1.54) is 50.8 Å². The van der Waals surface area contributed by atoms with Gasteiger partial charge in [0, 0.05) is 12.6 Å². The van der Waals surface area contributed by atoms with E-state index in [1.54, 1.807) is 6.07 Å². The Labute approximate surface area is 133 Å². The van der Waals surface area contributed by atoms with Crippen LogP contribution in [0.25, 0.3) is 0 Å². The van der Waals surface area contributed by atoms with Gasteiger partial charge < -0.3 is 14.9 Å². The third-order valence-electron chi connectivity index (χ3n) is 5.12. The second-order valence-corrected chi connectivity index (χ2v) is 6.72. The van der Waals surface area contributed by atoms with E-state index in [9.17, 15) is 10.0 Å². The number of piperidine rings is 2. The molecule has 0 bridgehead atoms. The van der Waals surface area contributed by atoms with Crippen molar-refractivity contribution in [2.75, 3.05) is 26.2 Å². The smallest absolute Gasteiger partial charge is 0.423 e. The fraction of sp³-hybridized carbons (Fsp3) is 0.647. The summed E-state index contributed by atoms with van der Waals surface area (Å²) in [4.78, 5) is 5.19. The van der Waals surface area contributed by atoms with Crippen LogP contribution in [0.15, 0.2) is 24.3 Å². The zero-order valence-electron chi connectivity index (χ0n) is 13.3. The molecule has 0 atom stereocenters. The zero-order chi connectivity index (χ0) is 15.4. The highest BCUT2D eigenvalue weighted by molar-refractivity contribution is 6.58. The molecule has 0 amide bonds. The summed E-state index contributed by atoms with van der Waals surface area (Å²) >= 11 is 0. The van der Waals surface area contributed by atoms with Crippen LogP contribution in [0, 0.1) is 0 Å². The highest BCUT2D eigenvalue weighted by Crippen LogP contribution is 2.21. The molecule has 5 heteroatoms. The van der Waals surface area contributed by atoms with E-state index in [4.69, 9.17) is 0 Å². The highest BCUT2D eigenvalue weighted by Gasteiger charge is 2.25. The maximum absolute atomic E-state index is 9.27. The van der Waals surface area contributed by atoms with Gasteiger partial charge in [0.15, 0.2) is 0 Å². The number of likely N-dealkylation sites (tertiary alicyclic amines) is 2. The zero-order valence-corrected chi connectivity index (χ0v) is 13.3. The van der Waals surface area contributed by atoms with Gasteiger partial charge in [0.1, 0.15) is 0 Å². The average Bonchev–Trinajstić information content (AvgIpc) is 2.56. The summed E-state index contributed by atoms with van der Waals surface area (Å²) in [6.45, 7) is 5.79.